The van der Waals surface area contributed by atoms with Crippen molar-refractivity contribution in [1.29, 1.82) is 0 Å². The molecule has 0 unspecified atom stereocenters. The zero-order valence-corrected chi connectivity index (χ0v) is 28.7. The van der Waals surface area contributed by atoms with Gasteiger partial charge in [0.25, 0.3) is 0 Å². The van der Waals surface area contributed by atoms with Gasteiger partial charge in [-0.05, 0) is 67.7 Å². The Morgan fingerprint density at radius 1 is 0.390 bits per heavy atom. The molecule has 0 fully saturated rings. The maximum absolute atomic E-state index is 11.4. The van der Waals surface area contributed by atoms with E-state index < -0.39 is 0 Å². The molecule has 1 heteroatoms. The third-order valence-corrected chi connectivity index (χ3v) is 9.50. The molecule has 41 heavy (non-hydrogen) atoms. The third kappa shape index (κ3) is 19.8. The van der Waals surface area contributed by atoms with Gasteiger partial charge < -0.3 is 5.11 Å². The van der Waals surface area contributed by atoms with E-state index >= 15 is 0 Å². The Labute approximate surface area is 259 Å². The van der Waals surface area contributed by atoms with Crippen molar-refractivity contribution in [1.82, 2.24) is 0 Å². The molecule has 0 aromatic heterocycles. The molecule has 1 nitrogen and oxygen atoms in total. The van der Waals surface area contributed by atoms with Crippen LogP contribution in [0.3, 0.4) is 0 Å². The Morgan fingerprint density at radius 3 is 1.05 bits per heavy atom. The maximum Gasteiger partial charge on any atom is 0.122 e. The second kappa shape index (κ2) is 27.8. The summed E-state index contributed by atoms with van der Waals surface area (Å²) in [7, 11) is 0. The highest BCUT2D eigenvalue weighted by molar-refractivity contribution is 5.49. The second-order valence-electron chi connectivity index (χ2n) is 13.4. The second-order valence-corrected chi connectivity index (χ2v) is 13.4. The number of hydrogen-bond acceptors (Lipinski definition) is 1. The molecule has 1 rings (SSSR count). The molecule has 0 aliphatic rings. The van der Waals surface area contributed by atoms with Gasteiger partial charge in [0.15, 0.2) is 0 Å². The average Bonchev–Trinajstić information content (AvgIpc) is 2.97. The molecular formula is C40H74O. The monoisotopic (exact) mass is 571 g/mol. The van der Waals surface area contributed by atoms with Gasteiger partial charge >= 0.3 is 0 Å². The molecule has 0 saturated carbocycles. The van der Waals surface area contributed by atoms with Crippen LogP contribution in [0, 0.1) is 6.92 Å². The number of phenols is 1. The van der Waals surface area contributed by atoms with Crippen molar-refractivity contribution < 1.29 is 5.11 Å². The van der Waals surface area contributed by atoms with E-state index in [1.807, 2.05) is 0 Å². The number of aromatic hydroxyl groups is 1. The minimum atomic E-state index is 0.651. The Bertz CT molecular complexity index is 705. The van der Waals surface area contributed by atoms with Crippen molar-refractivity contribution in [2.24, 2.45) is 0 Å². The SMILES string of the molecule is CCCCCCCCCCCCc1cc(CCCCCCCCC)c(C)c(CCCCCCCCCCCC)c1O. The number of phenolic OH excluding ortho intramolecular Hbond substituents is 1. The summed E-state index contributed by atoms with van der Waals surface area (Å²) in [6.07, 6.45) is 40.3. The van der Waals surface area contributed by atoms with E-state index in [1.54, 1.807) is 0 Å². The smallest absolute Gasteiger partial charge is 0.122 e. The van der Waals surface area contributed by atoms with E-state index in [2.05, 4.69) is 33.8 Å². The summed E-state index contributed by atoms with van der Waals surface area (Å²) in [6, 6.07) is 2.40. The fraction of sp³-hybridized carbons (Fsp3) is 0.850. The van der Waals surface area contributed by atoms with Gasteiger partial charge in [-0.2, -0.15) is 0 Å². The van der Waals surface area contributed by atoms with Gasteiger partial charge in [-0.15, -0.1) is 0 Å². The molecule has 1 N–H and O–H groups in total. The summed E-state index contributed by atoms with van der Waals surface area (Å²) in [5.41, 5.74) is 5.46. The Morgan fingerprint density at radius 2 is 0.683 bits per heavy atom. The van der Waals surface area contributed by atoms with E-state index in [0.29, 0.717) is 5.75 Å². The highest BCUT2D eigenvalue weighted by atomic mass is 16.3. The topological polar surface area (TPSA) is 20.2 Å². The minimum Gasteiger partial charge on any atom is -0.507 e. The summed E-state index contributed by atoms with van der Waals surface area (Å²) in [6.45, 7) is 9.19. The molecule has 0 heterocycles. The van der Waals surface area contributed by atoms with E-state index in [9.17, 15) is 5.11 Å². The first-order valence-electron chi connectivity index (χ1n) is 19.0. The van der Waals surface area contributed by atoms with Gasteiger partial charge in [0.05, 0.1) is 0 Å². The van der Waals surface area contributed by atoms with Crippen molar-refractivity contribution in [2.45, 2.75) is 220 Å². The lowest BCUT2D eigenvalue weighted by Gasteiger charge is -2.18. The molecule has 0 saturated heterocycles. The van der Waals surface area contributed by atoms with Gasteiger partial charge in [-0.25, -0.2) is 0 Å². The van der Waals surface area contributed by atoms with Crippen molar-refractivity contribution in [3.63, 3.8) is 0 Å². The normalized spacial score (nSPS) is 11.5. The molecule has 240 valence electrons. The van der Waals surface area contributed by atoms with Crippen LogP contribution in [0.15, 0.2) is 6.07 Å². The van der Waals surface area contributed by atoms with E-state index in [4.69, 9.17) is 0 Å². The zero-order valence-electron chi connectivity index (χ0n) is 28.7. The minimum absolute atomic E-state index is 0.651. The van der Waals surface area contributed by atoms with Crippen LogP contribution in [0.5, 0.6) is 5.75 Å². The highest BCUT2D eigenvalue weighted by Crippen LogP contribution is 2.33. The molecule has 0 aliphatic heterocycles. The van der Waals surface area contributed by atoms with Crippen LogP contribution in [-0.2, 0) is 19.3 Å². The van der Waals surface area contributed by atoms with Crippen LogP contribution in [-0.4, -0.2) is 5.11 Å². The first-order chi connectivity index (χ1) is 20.2. The molecule has 1 aromatic carbocycles. The fourth-order valence-electron chi connectivity index (χ4n) is 6.57. The summed E-state index contributed by atoms with van der Waals surface area (Å²) in [5, 5.41) is 11.4. The van der Waals surface area contributed by atoms with Crippen molar-refractivity contribution >= 4 is 0 Å². The lowest BCUT2D eigenvalue weighted by atomic mass is 9.89. The Hall–Kier alpha value is -0.980. The first-order valence-corrected chi connectivity index (χ1v) is 19.0. The number of benzene rings is 1. The lowest BCUT2D eigenvalue weighted by Crippen LogP contribution is -2.02. The van der Waals surface area contributed by atoms with Crippen LogP contribution in [0.25, 0.3) is 0 Å². The number of unbranched alkanes of at least 4 members (excludes halogenated alkanes) is 24. The van der Waals surface area contributed by atoms with Gasteiger partial charge in [0.1, 0.15) is 5.75 Å². The van der Waals surface area contributed by atoms with Gasteiger partial charge in [-0.1, -0.05) is 181 Å². The molecule has 0 aliphatic carbocycles. The Kier molecular flexibility index (Phi) is 25.8. The molecule has 1 aromatic rings. The van der Waals surface area contributed by atoms with Crippen LogP contribution < -0.4 is 0 Å². The van der Waals surface area contributed by atoms with Crippen LogP contribution in [0.4, 0.5) is 0 Å². The molecular weight excluding hydrogens is 496 g/mol. The fourth-order valence-corrected chi connectivity index (χ4v) is 6.57. The van der Waals surface area contributed by atoms with E-state index in [1.165, 1.54) is 202 Å². The number of hydrogen-bond donors (Lipinski definition) is 1. The predicted molar refractivity (Wildman–Crippen MR) is 186 cm³/mol. The Balaban J connectivity index is 2.55. The molecule has 0 amide bonds. The molecule has 0 spiro atoms. The van der Waals surface area contributed by atoms with E-state index in [0.717, 1.165) is 12.8 Å². The van der Waals surface area contributed by atoms with Crippen LogP contribution in [0.1, 0.15) is 216 Å². The highest BCUT2D eigenvalue weighted by Gasteiger charge is 2.15. The molecule has 0 atom stereocenters. The number of rotatable bonds is 30. The quantitative estimate of drug-likeness (QED) is 0.0912. The van der Waals surface area contributed by atoms with Crippen LogP contribution in [0.2, 0.25) is 0 Å². The average molecular weight is 571 g/mol. The van der Waals surface area contributed by atoms with Crippen molar-refractivity contribution in [3.05, 3.63) is 28.3 Å². The summed E-state index contributed by atoms with van der Waals surface area (Å²) < 4.78 is 0. The molecule has 0 radical (unpaired) electrons. The summed E-state index contributed by atoms with van der Waals surface area (Å²) in [4.78, 5) is 0. The van der Waals surface area contributed by atoms with Gasteiger partial charge in [-0.3, -0.25) is 0 Å². The summed E-state index contributed by atoms with van der Waals surface area (Å²) >= 11 is 0. The van der Waals surface area contributed by atoms with Gasteiger partial charge in [0.2, 0.25) is 0 Å². The summed E-state index contributed by atoms with van der Waals surface area (Å²) in [5.74, 6) is 0.651. The maximum atomic E-state index is 11.4. The largest absolute Gasteiger partial charge is 0.507 e. The standard InChI is InChI=1S/C40H74O/c1-5-8-11-14-17-19-21-24-27-30-33-38-35-37(32-29-26-23-16-13-10-7-3)36(4)39(40(38)41)34-31-28-25-22-20-18-15-12-9-6-2/h35,41H,5-34H2,1-4H3. The van der Waals surface area contributed by atoms with Gasteiger partial charge in [0, 0.05) is 0 Å². The van der Waals surface area contributed by atoms with Crippen molar-refractivity contribution in [2.75, 3.05) is 0 Å². The zero-order chi connectivity index (χ0) is 29.8. The van der Waals surface area contributed by atoms with E-state index in [-0.39, 0.29) is 0 Å². The number of aryl methyl sites for hydroxylation is 2. The van der Waals surface area contributed by atoms with Crippen LogP contribution >= 0.6 is 0 Å². The lowest BCUT2D eigenvalue weighted by molar-refractivity contribution is 0.455. The third-order valence-electron chi connectivity index (χ3n) is 9.50. The molecule has 0 bridgehead atoms. The first kappa shape index (κ1) is 38.0. The predicted octanol–water partition coefficient (Wildman–Crippen LogP) is 13.9. The van der Waals surface area contributed by atoms with Crippen molar-refractivity contribution in [3.8, 4) is 5.75 Å².